The van der Waals surface area contributed by atoms with Crippen LogP contribution < -0.4 is 19.5 Å². The van der Waals surface area contributed by atoms with E-state index in [0.29, 0.717) is 23.8 Å². The van der Waals surface area contributed by atoms with Crippen LogP contribution in [0, 0.1) is 6.92 Å². The average molecular weight is 361 g/mol. The van der Waals surface area contributed by atoms with Gasteiger partial charge in [-0.05, 0) is 37.1 Å². The first kappa shape index (κ1) is 21.6. The maximum Gasteiger partial charge on any atom is 0.164 e. The summed E-state index contributed by atoms with van der Waals surface area (Å²) >= 11 is 0. The minimum absolute atomic E-state index is 0.355. The van der Waals surface area contributed by atoms with Crippen molar-refractivity contribution in [3.63, 3.8) is 0 Å². The van der Waals surface area contributed by atoms with Crippen molar-refractivity contribution in [3.05, 3.63) is 47.0 Å². The van der Waals surface area contributed by atoms with Gasteiger partial charge in [0.05, 0.1) is 21.3 Å². The van der Waals surface area contributed by atoms with E-state index in [2.05, 4.69) is 5.32 Å². The van der Waals surface area contributed by atoms with Crippen molar-refractivity contribution in [1.29, 1.82) is 0 Å². The molecule has 0 saturated carbocycles. The molecule has 0 fully saturated rings. The molecule has 2 rings (SSSR count). The minimum atomic E-state index is 0.355. The highest BCUT2D eigenvalue weighted by molar-refractivity contribution is 5.50. The third kappa shape index (κ3) is 5.56. The molecule has 5 heteroatoms. The van der Waals surface area contributed by atoms with Gasteiger partial charge >= 0.3 is 0 Å². The molecule has 26 heavy (non-hydrogen) atoms. The van der Waals surface area contributed by atoms with Gasteiger partial charge in [-0.3, -0.25) is 0 Å². The fourth-order valence-corrected chi connectivity index (χ4v) is 2.60. The van der Waals surface area contributed by atoms with Crippen LogP contribution in [-0.4, -0.2) is 33.0 Å². The van der Waals surface area contributed by atoms with E-state index in [1.165, 1.54) is 0 Å². The molecule has 2 N–H and O–H groups in total. The first-order chi connectivity index (χ1) is 12.6. The molecule has 0 aliphatic heterocycles. The number of nitrogens with one attached hydrogen (secondary N) is 1. The summed E-state index contributed by atoms with van der Waals surface area (Å²) in [5, 5.41) is 13.4. The van der Waals surface area contributed by atoms with Crippen molar-refractivity contribution in [1.82, 2.24) is 5.32 Å². The Morgan fingerprint density at radius 1 is 0.885 bits per heavy atom. The van der Waals surface area contributed by atoms with Gasteiger partial charge < -0.3 is 24.6 Å². The van der Waals surface area contributed by atoms with Gasteiger partial charge in [-0.2, -0.15) is 0 Å². The van der Waals surface area contributed by atoms with Crippen LogP contribution >= 0.6 is 0 Å². The van der Waals surface area contributed by atoms with E-state index in [9.17, 15) is 5.11 Å². The number of hydrogen-bond donors (Lipinski definition) is 2. The Kier molecular flexibility index (Phi) is 9.37. The third-order valence-corrected chi connectivity index (χ3v) is 3.99. The molecule has 0 amide bonds. The minimum Gasteiger partial charge on any atom is -0.507 e. The Hall–Kier alpha value is -2.40. The van der Waals surface area contributed by atoms with Gasteiger partial charge in [0, 0.05) is 18.2 Å². The zero-order valence-corrected chi connectivity index (χ0v) is 16.7. The normalized spacial score (nSPS) is 9.92. The second-order valence-electron chi connectivity index (χ2n) is 5.53. The van der Waals surface area contributed by atoms with Gasteiger partial charge in [-0.1, -0.05) is 32.0 Å². The second kappa shape index (κ2) is 11.3. The van der Waals surface area contributed by atoms with E-state index in [0.717, 1.165) is 35.4 Å². The highest BCUT2D eigenvalue weighted by Gasteiger charge is 2.11. The van der Waals surface area contributed by atoms with Crippen LogP contribution in [0.15, 0.2) is 30.3 Å². The molecule has 0 aromatic heterocycles. The van der Waals surface area contributed by atoms with E-state index in [1.54, 1.807) is 21.3 Å². The molecule has 0 aliphatic carbocycles. The number of ether oxygens (including phenoxy) is 3. The zero-order chi connectivity index (χ0) is 19.5. The van der Waals surface area contributed by atoms with E-state index in [4.69, 9.17) is 14.2 Å². The number of methoxy groups -OCH3 is 3. The molecular weight excluding hydrogens is 330 g/mol. The maximum atomic E-state index is 10.0. The summed E-state index contributed by atoms with van der Waals surface area (Å²) in [6.45, 7) is 7.26. The first-order valence-electron chi connectivity index (χ1n) is 8.87. The molecule has 5 nitrogen and oxygen atoms in total. The van der Waals surface area contributed by atoms with Gasteiger partial charge in [0.25, 0.3) is 0 Å². The highest BCUT2D eigenvalue weighted by Crippen LogP contribution is 2.34. The van der Waals surface area contributed by atoms with Crippen molar-refractivity contribution >= 4 is 0 Å². The smallest absolute Gasteiger partial charge is 0.164 e. The molecule has 0 bridgehead atoms. The summed E-state index contributed by atoms with van der Waals surface area (Å²) in [7, 11) is 4.86. The number of phenols is 1. The highest BCUT2D eigenvalue weighted by atomic mass is 16.5. The molecule has 0 aliphatic rings. The van der Waals surface area contributed by atoms with E-state index >= 15 is 0 Å². The largest absolute Gasteiger partial charge is 0.507 e. The first-order valence-corrected chi connectivity index (χ1v) is 8.87. The standard InChI is InChI=1S/C19H25NO4.C2H6/c1-13-6-5-7-15(19(13)21)12-20-9-8-14-10-17(23-3)18(24-4)11-16(14)22-2;1-2/h5-7,10-11,20-21H,8-9,12H2,1-4H3;1-2H3. The van der Waals surface area contributed by atoms with Crippen molar-refractivity contribution in [2.24, 2.45) is 0 Å². The zero-order valence-electron chi connectivity index (χ0n) is 16.7. The van der Waals surface area contributed by atoms with Crippen molar-refractivity contribution in [2.45, 2.75) is 33.7 Å². The summed E-state index contributed by atoms with van der Waals surface area (Å²) < 4.78 is 16.1. The van der Waals surface area contributed by atoms with Crippen LogP contribution in [0.2, 0.25) is 0 Å². The number of aromatic hydroxyl groups is 1. The lowest BCUT2D eigenvalue weighted by Crippen LogP contribution is -2.17. The lowest BCUT2D eigenvalue weighted by atomic mass is 10.1. The number of rotatable bonds is 8. The summed E-state index contributed by atoms with van der Waals surface area (Å²) in [5.74, 6) is 2.46. The molecule has 0 atom stereocenters. The quantitative estimate of drug-likeness (QED) is 0.694. The van der Waals surface area contributed by atoms with E-state index in [1.807, 2.05) is 51.1 Å². The second-order valence-corrected chi connectivity index (χ2v) is 5.53. The Bertz CT molecular complexity index is 686. The molecule has 0 radical (unpaired) electrons. The molecule has 144 valence electrons. The Labute approximate surface area is 156 Å². The molecule has 2 aromatic rings. The molecule has 0 spiro atoms. The van der Waals surface area contributed by atoms with Crippen LogP contribution in [0.5, 0.6) is 23.0 Å². The SMILES string of the molecule is CC.COc1cc(OC)c(OC)cc1CCNCc1cccc(C)c1O. The lowest BCUT2D eigenvalue weighted by molar-refractivity contribution is 0.347. The van der Waals surface area contributed by atoms with Gasteiger partial charge in [-0.25, -0.2) is 0 Å². The summed E-state index contributed by atoms with van der Waals surface area (Å²) in [6, 6.07) is 9.53. The van der Waals surface area contributed by atoms with Gasteiger partial charge in [0.1, 0.15) is 11.5 Å². The van der Waals surface area contributed by atoms with Crippen molar-refractivity contribution < 1.29 is 19.3 Å². The van der Waals surface area contributed by atoms with Crippen LogP contribution in [0.3, 0.4) is 0 Å². The molecule has 0 heterocycles. The van der Waals surface area contributed by atoms with Gasteiger partial charge in [0.15, 0.2) is 11.5 Å². The van der Waals surface area contributed by atoms with Crippen LogP contribution in [-0.2, 0) is 13.0 Å². The number of para-hydroxylation sites is 1. The predicted molar refractivity (Wildman–Crippen MR) is 106 cm³/mol. The molecular formula is C21H31NO4. The van der Waals surface area contributed by atoms with E-state index in [-0.39, 0.29) is 0 Å². The molecule has 2 aromatic carbocycles. The average Bonchev–Trinajstić information content (AvgIpc) is 2.69. The third-order valence-electron chi connectivity index (χ3n) is 3.99. The summed E-state index contributed by atoms with van der Waals surface area (Å²) in [5.41, 5.74) is 2.82. The Balaban J connectivity index is 0.00000163. The number of aryl methyl sites for hydroxylation is 1. The maximum absolute atomic E-state index is 10.0. The van der Waals surface area contributed by atoms with Gasteiger partial charge in [-0.15, -0.1) is 0 Å². The monoisotopic (exact) mass is 361 g/mol. The fourth-order valence-electron chi connectivity index (χ4n) is 2.60. The summed E-state index contributed by atoms with van der Waals surface area (Å²) in [4.78, 5) is 0. The summed E-state index contributed by atoms with van der Waals surface area (Å²) in [6.07, 6.45) is 0.774. The van der Waals surface area contributed by atoms with Crippen molar-refractivity contribution in [3.8, 4) is 23.0 Å². The number of phenolic OH excluding ortho intramolecular Hbond substituents is 1. The topological polar surface area (TPSA) is 60.0 Å². The van der Waals surface area contributed by atoms with Crippen LogP contribution in [0.1, 0.15) is 30.5 Å². The predicted octanol–water partition coefficient (Wildman–Crippen LogP) is 4.08. The van der Waals surface area contributed by atoms with Crippen molar-refractivity contribution in [2.75, 3.05) is 27.9 Å². The Morgan fingerprint density at radius 3 is 2.12 bits per heavy atom. The van der Waals surface area contributed by atoms with Crippen LogP contribution in [0.25, 0.3) is 0 Å². The fraction of sp³-hybridized carbons (Fsp3) is 0.429. The lowest BCUT2D eigenvalue weighted by Gasteiger charge is -2.14. The molecule has 0 unspecified atom stereocenters. The molecule has 0 saturated heterocycles. The number of benzene rings is 2. The van der Waals surface area contributed by atoms with Crippen LogP contribution in [0.4, 0.5) is 0 Å². The van der Waals surface area contributed by atoms with Gasteiger partial charge in [0.2, 0.25) is 0 Å². The van der Waals surface area contributed by atoms with E-state index < -0.39 is 0 Å². The Morgan fingerprint density at radius 2 is 1.50 bits per heavy atom. The number of hydrogen-bond acceptors (Lipinski definition) is 5.